The molecule has 7 heteroatoms. The van der Waals surface area contributed by atoms with E-state index in [0.29, 0.717) is 27.3 Å². The zero-order valence-corrected chi connectivity index (χ0v) is 17.2. The average Bonchev–Trinajstić information content (AvgIpc) is 2.70. The molecular formula is C23H13F4NS2. The minimum Gasteiger partial charge on any atom is -0.205 e. The van der Waals surface area contributed by atoms with Gasteiger partial charge in [-0.15, -0.1) is 11.8 Å². The first-order valence-electron chi connectivity index (χ1n) is 8.74. The molecule has 0 amide bonds. The van der Waals surface area contributed by atoms with Crippen LogP contribution in [-0.2, 0) is 0 Å². The summed E-state index contributed by atoms with van der Waals surface area (Å²) in [5.41, 5.74) is 0.526. The Bertz CT molecular complexity index is 1160. The second-order valence-electron chi connectivity index (χ2n) is 6.01. The molecular weight excluding hydrogens is 430 g/mol. The van der Waals surface area contributed by atoms with E-state index in [-0.39, 0.29) is 5.56 Å². The van der Waals surface area contributed by atoms with Crippen LogP contribution in [0.25, 0.3) is 11.1 Å². The number of thiocarbonyl (C=S) groups is 1. The van der Waals surface area contributed by atoms with Crippen molar-refractivity contribution in [2.75, 3.05) is 5.75 Å². The lowest BCUT2D eigenvalue weighted by molar-refractivity contribution is 0.571. The Morgan fingerprint density at radius 3 is 1.97 bits per heavy atom. The maximum absolute atomic E-state index is 14.1. The Morgan fingerprint density at radius 2 is 1.43 bits per heavy atom. The number of halogens is 4. The SMILES string of the molecule is CCSc1cc(F)c(C#Cc2ccc(-c3cc(F)c(N=C=S)c(F)c3)cc2)c(F)c1. The number of hydrogen-bond acceptors (Lipinski definition) is 3. The van der Waals surface area contributed by atoms with Crippen molar-refractivity contribution < 1.29 is 17.6 Å². The second kappa shape index (κ2) is 9.73. The molecule has 0 N–H and O–H groups in total. The Hall–Kier alpha value is -2.91. The fourth-order valence-corrected chi connectivity index (χ4v) is 3.48. The van der Waals surface area contributed by atoms with Crippen molar-refractivity contribution in [1.29, 1.82) is 0 Å². The molecule has 3 rings (SSSR count). The summed E-state index contributed by atoms with van der Waals surface area (Å²) in [4.78, 5) is 3.88. The van der Waals surface area contributed by atoms with Gasteiger partial charge in [-0.05, 0) is 65.5 Å². The average molecular weight is 443 g/mol. The number of isothiocyanates is 1. The van der Waals surface area contributed by atoms with E-state index < -0.39 is 29.0 Å². The number of benzene rings is 3. The van der Waals surface area contributed by atoms with E-state index in [2.05, 4.69) is 29.1 Å². The molecule has 1 nitrogen and oxygen atoms in total. The predicted molar refractivity (Wildman–Crippen MR) is 115 cm³/mol. The van der Waals surface area contributed by atoms with Gasteiger partial charge in [-0.25, -0.2) is 17.6 Å². The Morgan fingerprint density at radius 1 is 0.833 bits per heavy atom. The molecule has 0 unspecified atom stereocenters. The lowest BCUT2D eigenvalue weighted by atomic mass is 10.0. The van der Waals surface area contributed by atoms with Crippen LogP contribution < -0.4 is 0 Å². The lowest BCUT2D eigenvalue weighted by Gasteiger charge is -2.05. The van der Waals surface area contributed by atoms with E-state index in [0.717, 1.165) is 12.1 Å². The fourth-order valence-electron chi connectivity index (χ4n) is 2.68. The summed E-state index contributed by atoms with van der Waals surface area (Å²) in [5, 5.41) is 1.94. The summed E-state index contributed by atoms with van der Waals surface area (Å²) < 4.78 is 56.3. The first kappa shape index (κ1) is 21.8. The molecule has 0 fully saturated rings. The molecule has 0 aliphatic carbocycles. The Balaban J connectivity index is 1.87. The van der Waals surface area contributed by atoms with Gasteiger partial charge in [0.1, 0.15) is 17.3 Å². The molecule has 0 aliphatic rings. The van der Waals surface area contributed by atoms with Crippen molar-refractivity contribution in [2.45, 2.75) is 11.8 Å². The third-order valence-corrected chi connectivity index (χ3v) is 5.00. The monoisotopic (exact) mass is 443 g/mol. The first-order valence-corrected chi connectivity index (χ1v) is 10.1. The molecule has 0 atom stereocenters. The van der Waals surface area contributed by atoms with Gasteiger partial charge in [0.2, 0.25) is 0 Å². The minimum atomic E-state index is -0.859. The van der Waals surface area contributed by atoms with Crippen LogP contribution in [0, 0.1) is 35.1 Å². The standard InChI is InChI=1S/C23H13F4NS2/c1-2-30-17-11-19(24)18(20(25)12-17)8-5-14-3-6-15(7-4-14)16-9-21(26)23(28-13-29)22(27)10-16/h3-4,6-7,9-12H,2H2,1H3. The first-order chi connectivity index (χ1) is 14.4. The summed E-state index contributed by atoms with van der Waals surface area (Å²) in [5.74, 6) is 2.75. The molecule has 3 aromatic carbocycles. The molecule has 0 bridgehead atoms. The molecule has 0 spiro atoms. The van der Waals surface area contributed by atoms with Crippen LogP contribution in [0.2, 0.25) is 0 Å². The Kier molecular flexibility index (Phi) is 7.07. The topological polar surface area (TPSA) is 12.4 Å². The predicted octanol–water partition coefficient (Wildman–Crippen LogP) is 7.16. The van der Waals surface area contributed by atoms with Crippen LogP contribution in [0.5, 0.6) is 0 Å². The molecule has 0 aliphatic heterocycles. The largest absolute Gasteiger partial charge is 0.205 e. The van der Waals surface area contributed by atoms with Crippen molar-refractivity contribution in [3.8, 4) is 23.0 Å². The van der Waals surface area contributed by atoms with Crippen LogP contribution in [0.3, 0.4) is 0 Å². The van der Waals surface area contributed by atoms with Crippen LogP contribution in [0.15, 0.2) is 58.4 Å². The highest BCUT2D eigenvalue weighted by Crippen LogP contribution is 2.29. The summed E-state index contributed by atoms with van der Waals surface area (Å²) in [6.45, 7) is 1.89. The zero-order chi connectivity index (χ0) is 21.7. The van der Waals surface area contributed by atoms with Crippen molar-refractivity contribution in [1.82, 2.24) is 0 Å². The highest BCUT2D eigenvalue weighted by atomic mass is 32.2. The van der Waals surface area contributed by atoms with Gasteiger partial charge < -0.3 is 0 Å². The molecule has 30 heavy (non-hydrogen) atoms. The normalized spacial score (nSPS) is 10.2. The summed E-state index contributed by atoms with van der Waals surface area (Å²) in [7, 11) is 0. The molecule has 0 aromatic heterocycles. The van der Waals surface area contributed by atoms with Gasteiger partial charge in [0.15, 0.2) is 11.6 Å². The molecule has 3 aromatic rings. The fraction of sp³-hybridized carbons (Fsp3) is 0.0870. The van der Waals surface area contributed by atoms with E-state index in [1.165, 1.54) is 23.9 Å². The van der Waals surface area contributed by atoms with Crippen molar-refractivity contribution in [3.05, 3.63) is 82.9 Å². The lowest BCUT2D eigenvalue weighted by Crippen LogP contribution is -1.92. The number of aliphatic imine (C=N–C) groups is 1. The molecule has 0 heterocycles. The smallest absolute Gasteiger partial charge is 0.153 e. The van der Waals surface area contributed by atoms with Gasteiger partial charge in [-0.1, -0.05) is 30.9 Å². The quantitative estimate of drug-likeness (QED) is 0.139. The summed E-state index contributed by atoms with van der Waals surface area (Å²) in [6, 6.07) is 11.2. The highest BCUT2D eigenvalue weighted by molar-refractivity contribution is 7.99. The van der Waals surface area contributed by atoms with E-state index in [9.17, 15) is 17.6 Å². The van der Waals surface area contributed by atoms with Crippen LogP contribution in [-0.4, -0.2) is 10.9 Å². The van der Waals surface area contributed by atoms with Crippen molar-refractivity contribution >= 4 is 34.8 Å². The van der Waals surface area contributed by atoms with Crippen LogP contribution in [0.4, 0.5) is 23.2 Å². The highest BCUT2D eigenvalue weighted by Gasteiger charge is 2.12. The van der Waals surface area contributed by atoms with Gasteiger partial charge in [-0.3, -0.25) is 0 Å². The van der Waals surface area contributed by atoms with Gasteiger partial charge >= 0.3 is 0 Å². The van der Waals surface area contributed by atoms with Gasteiger partial charge in [-0.2, -0.15) is 4.99 Å². The zero-order valence-electron chi connectivity index (χ0n) is 15.6. The minimum absolute atomic E-state index is 0.300. The third-order valence-electron chi connectivity index (χ3n) is 4.05. The van der Waals surface area contributed by atoms with Crippen LogP contribution >= 0.6 is 24.0 Å². The van der Waals surface area contributed by atoms with E-state index in [4.69, 9.17) is 0 Å². The van der Waals surface area contributed by atoms with Crippen molar-refractivity contribution in [3.63, 3.8) is 0 Å². The number of thioether (sulfide) groups is 1. The summed E-state index contributed by atoms with van der Waals surface area (Å²) >= 11 is 5.71. The van der Waals surface area contributed by atoms with Gasteiger partial charge in [0.25, 0.3) is 0 Å². The third kappa shape index (κ3) is 4.98. The summed E-state index contributed by atoms with van der Waals surface area (Å²) in [6.07, 6.45) is 0. The number of hydrogen-bond donors (Lipinski definition) is 0. The second-order valence-corrected chi connectivity index (χ2v) is 7.53. The molecule has 0 saturated heterocycles. The molecule has 0 radical (unpaired) electrons. The van der Waals surface area contributed by atoms with Crippen LogP contribution in [0.1, 0.15) is 18.1 Å². The van der Waals surface area contributed by atoms with Gasteiger partial charge in [0.05, 0.1) is 10.7 Å². The Labute approximate surface area is 180 Å². The maximum atomic E-state index is 14.1. The van der Waals surface area contributed by atoms with E-state index >= 15 is 0 Å². The number of rotatable bonds is 4. The molecule has 0 saturated carbocycles. The van der Waals surface area contributed by atoms with E-state index in [1.807, 2.05) is 12.1 Å². The van der Waals surface area contributed by atoms with Gasteiger partial charge in [0, 0.05) is 10.5 Å². The number of nitrogens with zero attached hydrogens (tertiary/aromatic N) is 1. The maximum Gasteiger partial charge on any atom is 0.153 e. The van der Waals surface area contributed by atoms with E-state index in [1.54, 1.807) is 24.3 Å². The molecule has 150 valence electrons. The van der Waals surface area contributed by atoms with Crippen molar-refractivity contribution in [2.24, 2.45) is 4.99 Å².